The van der Waals surface area contributed by atoms with Crippen molar-refractivity contribution in [2.75, 3.05) is 11.1 Å². The fourth-order valence-corrected chi connectivity index (χ4v) is 1.68. The highest BCUT2D eigenvalue weighted by Gasteiger charge is 2.27. The maximum atomic E-state index is 5.77. The molecule has 0 aliphatic heterocycles. The first-order valence-corrected chi connectivity index (χ1v) is 4.72. The summed E-state index contributed by atoms with van der Waals surface area (Å²) >= 11 is 0. The van der Waals surface area contributed by atoms with E-state index >= 15 is 0 Å². The summed E-state index contributed by atoms with van der Waals surface area (Å²) in [6.45, 7) is 2.25. The number of nitrogens with one attached hydrogen (secondary N) is 1. The number of hydrogen-bond donors (Lipinski definition) is 2. The lowest BCUT2D eigenvalue weighted by molar-refractivity contribution is 0.303. The predicted molar refractivity (Wildman–Crippen MR) is 53.4 cm³/mol. The van der Waals surface area contributed by atoms with Crippen LogP contribution >= 0.6 is 0 Å². The fraction of sp³-hybridized carbons (Fsp3) is 0.667. The fourth-order valence-electron chi connectivity index (χ4n) is 1.68. The molecule has 0 bridgehead atoms. The molecule has 1 saturated carbocycles. The van der Waals surface area contributed by atoms with Gasteiger partial charge in [-0.2, -0.15) is 5.10 Å². The lowest BCUT2D eigenvalue weighted by atomic mass is 9.81. The second-order valence-electron chi connectivity index (χ2n) is 3.91. The van der Waals surface area contributed by atoms with E-state index in [1.807, 2.05) is 13.2 Å². The van der Waals surface area contributed by atoms with Gasteiger partial charge in [0, 0.05) is 19.3 Å². The average Bonchev–Trinajstić information content (AvgIpc) is 2.38. The van der Waals surface area contributed by atoms with Crippen LogP contribution in [0.4, 0.5) is 11.5 Å². The Hall–Kier alpha value is -1.19. The minimum Gasteiger partial charge on any atom is -0.394 e. The molecule has 1 heterocycles. The maximum Gasteiger partial charge on any atom is 0.171 e. The van der Waals surface area contributed by atoms with Crippen LogP contribution in [0.25, 0.3) is 0 Å². The average molecular weight is 180 g/mol. The SMILES string of the molecule is CC1CCC1Nc1nn(C)cc1N. The van der Waals surface area contributed by atoms with Gasteiger partial charge in [0.05, 0.1) is 5.69 Å². The Bertz CT molecular complexity index is 305. The van der Waals surface area contributed by atoms with Crippen LogP contribution in [0, 0.1) is 5.92 Å². The second kappa shape index (κ2) is 2.94. The van der Waals surface area contributed by atoms with Gasteiger partial charge in [-0.15, -0.1) is 0 Å². The normalized spacial score (nSPS) is 26.9. The van der Waals surface area contributed by atoms with E-state index in [1.54, 1.807) is 4.68 Å². The quantitative estimate of drug-likeness (QED) is 0.719. The van der Waals surface area contributed by atoms with Gasteiger partial charge in [0.15, 0.2) is 5.82 Å². The van der Waals surface area contributed by atoms with E-state index in [-0.39, 0.29) is 0 Å². The number of rotatable bonds is 2. The molecule has 1 aromatic heterocycles. The first-order chi connectivity index (χ1) is 6.16. The van der Waals surface area contributed by atoms with Crippen molar-refractivity contribution >= 4 is 11.5 Å². The Morgan fingerprint density at radius 3 is 2.77 bits per heavy atom. The minimum absolute atomic E-state index is 0.567. The Balaban J connectivity index is 2.04. The number of nitrogens with two attached hydrogens (primary N) is 1. The van der Waals surface area contributed by atoms with Crippen LogP contribution in [-0.4, -0.2) is 15.8 Å². The topological polar surface area (TPSA) is 55.9 Å². The highest BCUT2D eigenvalue weighted by atomic mass is 15.3. The number of aryl methyl sites for hydroxylation is 1. The third kappa shape index (κ3) is 1.48. The molecule has 72 valence electrons. The maximum absolute atomic E-state index is 5.77. The van der Waals surface area contributed by atoms with Crippen LogP contribution in [0.2, 0.25) is 0 Å². The number of anilines is 2. The Labute approximate surface area is 78.1 Å². The molecule has 0 radical (unpaired) electrons. The van der Waals surface area contributed by atoms with E-state index < -0.39 is 0 Å². The number of nitrogens with zero attached hydrogens (tertiary/aromatic N) is 2. The van der Waals surface area contributed by atoms with Crippen LogP contribution < -0.4 is 11.1 Å². The van der Waals surface area contributed by atoms with Crippen LogP contribution in [0.1, 0.15) is 19.8 Å². The van der Waals surface area contributed by atoms with Crippen LogP contribution in [0.5, 0.6) is 0 Å². The number of nitrogen functional groups attached to an aromatic ring is 1. The zero-order valence-corrected chi connectivity index (χ0v) is 8.12. The van der Waals surface area contributed by atoms with Crippen LogP contribution in [0.15, 0.2) is 6.20 Å². The third-order valence-electron chi connectivity index (χ3n) is 2.80. The van der Waals surface area contributed by atoms with Gasteiger partial charge in [0.25, 0.3) is 0 Å². The van der Waals surface area contributed by atoms with E-state index in [4.69, 9.17) is 5.73 Å². The molecule has 0 aromatic carbocycles. The molecular formula is C9H16N4. The van der Waals surface area contributed by atoms with Gasteiger partial charge in [0.1, 0.15) is 0 Å². The molecule has 0 saturated heterocycles. The summed E-state index contributed by atoms with van der Waals surface area (Å²) in [5.41, 5.74) is 6.51. The Kier molecular flexibility index (Phi) is 1.90. The first kappa shape index (κ1) is 8.41. The number of hydrogen-bond acceptors (Lipinski definition) is 3. The molecule has 1 fully saturated rings. The van der Waals surface area contributed by atoms with Gasteiger partial charge in [-0.25, -0.2) is 0 Å². The summed E-state index contributed by atoms with van der Waals surface area (Å²) in [5.74, 6) is 1.58. The van der Waals surface area contributed by atoms with Crippen molar-refractivity contribution in [1.82, 2.24) is 9.78 Å². The highest BCUT2D eigenvalue weighted by Crippen LogP contribution is 2.30. The van der Waals surface area contributed by atoms with Crippen LogP contribution in [-0.2, 0) is 7.05 Å². The monoisotopic (exact) mass is 180 g/mol. The van der Waals surface area contributed by atoms with E-state index in [0.29, 0.717) is 6.04 Å². The van der Waals surface area contributed by atoms with Gasteiger partial charge in [-0.05, 0) is 18.8 Å². The largest absolute Gasteiger partial charge is 0.394 e. The van der Waals surface area contributed by atoms with Crippen molar-refractivity contribution in [3.05, 3.63) is 6.20 Å². The third-order valence-corrected chi connectivity index (χ3v) is 2.80. The van der Waals surface area contributed by atoms with Gasteiger partial charge >= 0.3 is 0 Å². The molecule has 4 nitrogen and oxygen atoms in total. The molecule has 0 spiro atoms. The highest BCUT2D eigenvalue weighted by molar-refractivity contribution is 5.60. The minimum atomic E-state index is 0.567. The van der Waals surface area contributed by atoms with E-state index in [0.717, 1.165) is 17.4 Å². The van der Waals surface area contributed by atoms with E-state index in [1.165, 1.54) is 12.8 Å². The standard InChI is InChI=1S/C9H16N4/c1-6-3-4-8(6)11-9-7(10)5-13(2)12-9/h5-6,8H,3-4,10H2,1-2H3,(H,11,12). The van der Waals surface area contributed by atoms with Crippen molar-refractivity contribution < 1.29 is 0 Å². The molecule has 13 heavy (non-hydrogen) atoms. The lowest BCUT2D eigenvalue weighted by Gasteiger charge is -2.34. The molecule has 1 aliphatic rings. The van der Waals surface area contributed by atoms with Crippen LogP contribution in [0.3, 0.4) is 0 Å². The molecule has 0 amide bonds. The second-order valence-corrected chi connectivity index (χ2v) is 3.91. The lowest BCUT2D eigenvalue weighted by Crippen LogP contribution is -2.36. The molecule has 4 heteroatoms. The van der Waals surface area contributed by atoms with Gasteiger partial charge in [-0.1, -0.05) is 6.92 Å². The van der Waals surface area contributed by atoms with E-state index in [9.17, 15) is 0 Å². The van der Waals surface area contributed by atoms with Crippen molar-refractivity contribution in [3.63, 3.8) is 0 Å². The molecular weight excluding hydrogens is 164 g/mol. The molecule has 2 atom stereocenters. The number of aromatic nitrogens is 2. The smallest absolute Gasteiger partial charge is 0.171 e. The molecule has 1 aliphatic carbocycles. The Morgan fingerprint density at radius 2 is 2.38 bits per heavy atom. The zero-order valence-electron chi connectivity index (χ0n) is 8.12. The summed E-state index contributed by atoms with van der Waals surface area (Å²) in [7, 11) is 1.88. The summed E-state index contributed by atoms with van der Waals surface area (Å²) in [6, 6.07) is 0.567. The molecule has 2 unspecified atom stereocenters. The molecule has 2 rings (SSSR count). The van der Waals surface area contributed by atoms with E-state index in [2.05, 4.69) is 17.3 Å². The van der Waals surface area contributed by atoms with Gasteiger partial charge in [0.2, 0.25) is 0 Å². The summed E-state index contributed by atoms with van der Waals surface area (Å²) in [6.07, 6.45) is 4.37. The van der Waals surface area contributed by atoms with Crippen molar-refractivity contribution in [3.8, 4) is 0 Å². The van der Waals surface area contributed by atoms with Crippen molar-refractivity contribution in [1.29, 1.82) is 0 Å². The first-order valence-electron chi connectivity index (χ1n) is 4.72. The van der Waals surface area contributed by atoms with Crippen molar-refractivity contribution in [2.45, 2.75) is 25.8 Å². The summed E-state index contributed by atoms with van der Waals surface area (Å²) < 4.78 is 1.74. The molecule has 3 N–H and O–H groups in total. The zero-order chi connectivity index (χ0) is 9.42. The van der Waals surface area contributed by atoms with Gasteiger partial charge in [-0.3, -0.25) is 4.68 Å². The summed E-state index contributed by atoms with van der Waals surface area (Å²) in [5, 5.41) is 7.61. The predicted octanol–water partition coefficient (Wildman–Crippen LogP) is 1.21. The summed E-state index contributed by atoms with van der Waals surface area (Å²) in [4.78, 5) is 0. The Morgan fingerprint density at radius 1 is 1.62 bits per heavy atom. The van der Waals surface area contributed by atoms with Crippen molar-refractivity contribution in [2.24, 2.45) is 13.0 Å². The van der Waals surface area contributed by atoms with Gasteiger partial charge < -0.3 is 11.1 Å². The molecule has 1 aromatic rings.